The van der Waals surface area contributed by atoms with E-state index in [1.54, 1.807) is 31.4 Å². The van der Waals surface area contributed by atoms with E-state index in [0.717, 1.165) is 16.9 Å². The van der Waals surface area contributed by atoms with Crippen LogP contribution in [0.5, 0.6) is 5.75 Å². The number of hydrogen-bond donors (Lipinski definition) is 2. The van der Waals surface area contributed by atoms with Crippen molar-refractivity contribution in [1.82, 2.24) is 10.0 Å². The van der Waals surface area contributed by atoms with Gasteiger partial charge in [0.05, 0.1) is 16.9 Å². The van der Waals surface area contributed by atoms with Gasteiger partial charge in [-0.3, -0.25) is 4.79 Å². The van der Waals surface area contributed by atoms with Crippen LogP contribution in [0.3, 0.4) is 0 Å². The van der Waals surface area contributed by atoms with Gasteiger partial charge in [-0.2, -0.15) is 0 Å². The number of thiophene rings is 1. The SMILES string of the molecule is CNC(=O)c1cc(S(=O)(=O)NCc2ccc(OC)cc2)cs1. The summed E-state index contributed by atoms with van der Waals surface area (Å²) in [7, 11) is -0.580. The van der Waals surface area contributed by atoms with Gasteiger partial charge in [-0.15, -0.1) is 11.3 Å². The summed E-state index contributed by atoms with van der Waals surface area (Å²) in [5, 5.41) is 3.90. The van der Waals surface area contributed by atoms with Crippen molar-refractivity contribution in [3.63, 3.8) is 0 Å². The van der Waals surface area contributed by atoms with Crippen molar-refractivity contribution in [2.75, 3.05) is 14.2 Å². The number of carbonyl (C=O) groups excluding carboxylic acids is 1. The van der Waals surface area contributed by atoms with Crippen LogP contribution in [-0.2, 0) is 16.6 Å². The highest BCUT2D eigenvalue weighted by Crippen LogP contribution is 2.19. The van der Waals surface area contributed by atoms with Gasteiger partial charge in [-0.05, 0) is 23.8 Å². The molecule has 0 atom stereocenters. The Bertz CT molecular complexity index is 751. The minimum Gasteiger partial charge on any atom is -0.497 e. The normalized spacial score (nSPS) is 11.2. The van der Waals surface area contributed by atoms with E-state index in [1.165, 1.54) is 18.5 Å². The lowest BCUT2D eigenvalue weighted by Crippen LogP contribution is -2.23. The zero-order chi connectivity index (χ0) is 16.2. The first-order valence-electron chi connectivity index (χ1n) is 6.39. The summed E-state index contributed by atoms with van der Waals surface area (Å²) >= 11 is 1.09. The van der Waals surface area contributed by atoms with Crippen LogP contribution in [0.15, 0.2) is 40.6 Å². The van der Waals surface area contributed by atoms with E-state index in [2.05, 4.69) is 10.0 Å². The molecule has 0 bridgehead atoms. The minimum atomic E-state index is -3.65. The average molecular weight is 340 g/mol. The van der Waals surface area contributed by atoms with Crippen molar-refractivity contribution in [1.29, 1.82) is 0 Å². The summed E-state index contributed by atoms with van der Waals surface area (Å²) in [6.07, 6.45) is 0. The zero-order valence-corrected chi connectivity index (χ0v) is 13.8. The number of hydrogen-bond acceptors (Lipinski definition) is 5. The molecule has 2 rings (SSSR count). The highest BCUT2D eigenvalue weighted by Gasteiger charge is 2.18. The number of methoxy groups -OCH3 is 1. The Balaban J connectivity index is 2.07. The van der Waals surface area contributed by atoms with Crippen LogP contribution in [0, 0.1) is 0 Å². The van der Waals surface area contributed by atoms with Gasteiger partial charge in [-0.1, -0.05) is 12.1 Å². The molecule has 1 amide bonds. The van der Waals surface area contributed by atoms with Crippen LogP contribution in [0.1, 0.15) is 15.2 Å². The van der Waals surface area contributed by atoms with E-state index in [0.29, 0.717) is 10.6 Å². The summed E-state index contributed by atoms with van der Waals surface area (Å²) in [5.41, 5.74) is 0.811. The van der Waals surface area contributed by atoms with Crippen LogP contribution in [0.4, 0.5) is 0 Å². The van der Waals surface area contributed by atoms with Crippen LogP contribution in [-0.4, -0.2) is 28.5 Å². The van der Waals surface area contributed by atoms with E-state index in [4.69, 9.17) is 4.74 Å². The van der Waals surface area contributed by atoms with Gasteiger partial charge in [0.15, 0.2) is 0 Å². The van der Waals surface area contributed by atoms with Gasteiger partial charge in [0.2, 0.25) is 10.0 Å². The smallest absolute Gasteiger partial charge is 0.261 e. The maximum absolute atomic E-state index is 12.2. The molecular weight excluding hydrogens is 324 g/mol. The predicted octanol–water partition coefficient (Wildman–Crippen LogP) is 1.59. The molecule has 2 N–H and O–H groups in total. The first-order chi connectivity index (χ1) is 10.5. The van der Waals surface area contributed by atoms with Crippen molar-refractivity contribution >= 4 is 27.3 Å². The molecule has 0 aliphatic heterocycles. The van der Waals surface area contributed by atoms with Gasteiger partial charge in [0.1, 0.15) is 5.75 Å². The summed E-state index contributed by atoms with van der Waals surface area (Å²) in [4.78, 5) is 11.9. The molecule has 8 heteroatoms. The van der Waals surface area contributed by atoms with E-state index in [-0.39, 0.29) is 17.3 Å². The molecule has 0 aliphatic carbocycles. The number of sulfonamides is 1. The second-order valence-electron chi connectivity index (χ2n) is 4.40. The van der Waals surface area contributed by atoms with Gasteiger partial charge in [0.25, 0.3) is 5.91 Å². The van der Waals surface area contributed by atoms with Gasteiger partial charge < -0.3 is 10.1 Å². The number of amides is 1. The summed E-state index contributed by atoms with van der Waals surface area (Å²) < 4.78 is 31.9. The predicted molar refractivity (Wildman–Crippen MR) is 84.7 cm³/mol. The highest BCUT2D eigenvalue weighted by atomic mass is 32.2. The lowest BCUT2D eigenvalue weighted by molar-refractivity contribution is 0.0967. The van der Waals surface area contributed by atoms with Crippen LogP contribution < -0.4 is 14.8 Å². The molecule has 2 aromatic rings. The molecule has 0 radical (unpaired) electrons. The number of rotatable bonds is 6. The number of nitrogens with one attached hydrogen (secondary N) is 2. The quantitative estimate of drug-likeness (QED) is 0.836. The Morgan fingerprint density at radius 3 is 2.55 bits per heavy atom. The molecular formula is C14H16N2O4S2. The topological polar surface area (TPSA) is 84.5 Å². The molecule has 6 nitrogen and oxygen atoms in total. The van der Waals surface area contributed by atoms with Crippen molar-refractivity contribution < 1.29 is 17.9 Å². The molecule has 0 saturated carbocycles. The van der Waals surface area contributed by atoms with Crippen molar-refractivity contribution in [2.45, 2.75) is 11.4 Å². The molecule has 1 heterocycles. The zero-order valence-electron chi connectivity index (χ0n) is 12.1. The van der Waals surface area contributed by atoms with E-state index in [1.807, 2.05) is 0 Å². The molecule has 1 aromatic heterocycles. The fraction of sp³-hybridized carbons (Fsp3) is 0.214. The first kappa shape index (κ1) is 16.5. The van der Waals surface area contributed by atoms with Crippen LogP contribution in [0.25, 0.3) is 0 Å². The van der Waals surface area contributed by atoms with Gasteiger partial charge in [-0.25, -0.2) is 13.1 Å². The molecule has 22 heavy (non-hydrogen) atoms. The third-order valence-electron chi connectivity index (χ3n) is 2.96. The molecule has 0 unspecified atom stereocenters. The number of carbonyl (C=O) groups is 1. The molecule has 118 valence electrons. The lowest BCUT2D eigenvalue weighted by atomic mass is 10.2. The Kier molecular flexibility index (Phi) is 5.17. The lowest BCUT2D eigenvalue weighted by Gasteiger charge is -2.06. The van der Waals surface area contributed by atoms with Gasteiger partial charge in [0, 0.05) is 19.0 Å². The summed E-state index contributed by atoms with van der Waals surface area (Å²) in [6, 6.07) is 8.45. The van der Waals surface area contributed by atoms with Crippen LogP contribution >= 0.6 is 11.3 Å². The number of benzene rings is 1. The third kappa shape index (κ3) is 3.85. The minimum absolute atomic E-state index is 0.0876. The Labute approximate surface area is 133 Å². The van der Waals surface area contributed by atoms with Crippen molar-refractivity contribution in [2.24, 2.45) is 0 Å². The van der Waals surface area contributed by atoms with Crippen LogP contribution in [0.2, 0.25) is 0 Å². The average Bonchev–Trinajstić information content (AvgIpc) is 3.03. The van der Waals surface area contributed by atoms with E-state index in [9.17, 15) is 13.2 Å². The highest BCUT2D eigenvalue weighted by molar-refractivity contribution is 7.89. The van der Waals surface area contributed by atoms with Crippen molar-refractivity contribution in [3.8, 4) is 5.75 Å². The second-order valence-corrected chi connectivity index (χ2v) is 7.08. The fourth-order valence-electron chi connectivity index (χ4n) is 1.71. The first-order valence-corrected chi connectivity index (χ1v) is 8.76. The van der Waals surface area contributed by atoms with Crippen molar-refractivity contribution in [3.05, 3.63) is 46.2 Å². The number of ether oxygens (including phenoxy) is 1. The Hall–Kier alpha value is -1.90. The second kappa shape index (κ2) is 6.91. The monoisotopic (exact) mass is 340 g/mol. The summed E-state index contributed by atoms with van der Waals surface area (Å²) in [5.74, 6) is 0.404. The van der Waals surface area contributed by atoms with E-state index < -0.39 is 10.0 Å². The Morgan fingerprint density at radius 2 is 1.95 bits per heavy atom. The Morgan fingerprint density at radius 1 is 1.27 bits per heavy atom. The van der Waals surface area contributed by atoms with E-state index >= 15 is 0 Å². The summed E-state index contributed by atoms with van der Waals surface area (Å²) in [6.45, 7) is 0.164. The maximum Gasteiger partial charge on any atom is 0.261 e. The third-order valence-corrected chi connectivity index (χ3v) is 5.42. The fourth-order valence-corrected chi connectivity index (χ4v) is 3.94. The maximum atomic E-state index is 12.2. The molecule has 0 saturated heterocycles. The molecule has 1 aromatic carbocycles. The molecule has 0 fully saturated rings. The standard InChI is InChI=1S/C14H16N2O4S2/c1-15-14(17)13-7-12(9-21-13)22(18,19)16-8-10-3-5-11(20-2)6-4-10/h3-7,9,16H,8H2,1-2H3,(H,15,17). The largest absolute Gasteiger partial charge is 0.497 e. The molecule has 0 aliphatic rings. The van der Waals surface area contributed by atoms with Gasteiger partial charge >= 0.3 is 0 Å². The molecule has 0 spiro atoms.